The van der Waals surface area contributed by atoms with Crippen molar-refractivity contribution >= 4 is 11.8 Å². The van der Waals surface area contributed by atoms with Crippen LogP contribution in [0.3, 0.4) is 0 Å². The van der Waals surface area contributed by atoms with Gasteiger partial charge in [-0.15, -0.1) is 0 Å². The molecule has 3 heteroatoms. The van der Waals surface area contributed by atoms with E-state index in [0.717, 1.165) is 6.08 Å². The molecule has 1 atom stereocenters. The molecule has 1 aliphatic heterocycles. The summed E-state index contributed by atoms with van der Waals surface area (Å²) in [6.07, 6.45) is 4.87. The topological polar surface area (TPSA) is 43.4 Å². The van der Waals surface area contributed by atoms with Gasteiger partial charge in [-0.05, 0) is 19.1 Å². The van der Waals surface area contributed by atoms with Crippen LogP contribution in [-0.2, 0) is 14.3 Å². The van der Waals surface area contributed by atoms with Gasteiger partial charge in [0.1, 0.15) is 0 Å². The maximum atomic E-state index is 10.9. The lowest BCUT2D eigenvalue weighted by atomic mass is 10.1. The largest absolute Gasteiger partial charge is 0.447 e. The summed E-state index contributed by atoms with van der Waals surface area (Å²) in [5.74, 6) is -0.657. The lowest BCUT2D eigenvalue weighted by Crippen LogP contribution is -2.26. The minimum atomic E-state index is -0.711. The third kappa shape index (κ3) is 1.77. The van der Waals surface area contributed by atoms with Crippen LogP contribution in [0, 0.1) is 0 Å². The molecule has 0 spiro atoms. The van der Waals surface area contributed by atoms with Gasteiger partial charge in [0, 0.05) is 6.08 Å². The second-order valence-corrected chi connectivity index (χ2v) is 2.12. The van der Waals surface area contributed by atoms with E-state index < -0.39 is 12.1 Å². The number of hydrogen-bond donors (Lipinski definition) is 0. The second-order valence-electron chi connectivity index (χ2n) is 2.12. The van der Waals surface area contributed by atoms with Crippen molar-refractivity contribution in [1.82, 2.24) is 0 Å². The molecule has 58 valence electrons. The molecule has 11 heavy (non-hydrogen) atoms. The van der Waals surface area contributed by atoms with E-state index in [1.54, 1.807) is 19.1 Å². The van der Waals surface area contributed by atoms with Crippen molar-refractivity contribution in [3.8, 4) is 0 Å². The summed E-state index contributed by atoms with van der Waals surface area (Å²) in [6, 6.07) is 0. The fourth-order valence-corrected chi connectivity index (χ4v) is 0.776. The van der Waals surface area contributed by atoms with E-state index in [0.29, 0.717) is 0 Å². The Balaban J connectivity index is 2.76. The van der Waals surface area contributed by atoms with E-state index in [9.17, 15) is 9.59 Å². The van der Waals surface area contributed by atoms with Crippen LogP contribution < -0.4 is 0 Å². The Morgan fingerprint density at radius 3 is 2.82 bits per heavy atom. The normalized spacial score (nSPS) is 24.3. The summed E-state index contributed by atoms with van der Waals surface area (Å²) < 4.78 is 4.68. The molecule has 1 rings (SSSR count). The SMILES string of the molecule is C/C=C/[C@@H]1OC(=O)C=CC1=O. The van der Waals surface area contributed by atoms with Crippen LogP contribution in [0.2, 0.25) is 0 Å². The first-order chi connectivity index (χ1) is 5.24. The molecule has 0 N–H and O–H groups in total. The standard InChI is InChI=1S/C8H8O3/c1-2-3-7-6(9)4-5-8(10)11-7/h2-5,7H,1H3/b3-2+/t7-/m0/s1. The van der Waals surface area contributed by atoms with Crippen LogP contribution in [0.4, 0.5) is 0 Å². The number of allylic oxidation sites excluding steroid dienone is 1. The number of hydrogen-bond acceptors (Lipinski definition) is 3. The lowest BCUT2D eigenvalue weighted by Gasteiger charge is -2.12. The summed E-state index contributed by atoms with van der Waals surface area (Å²) >= 11 is 0. The number of rotatable bonds is 1. The van der Waals surface area contributed by atoms with E-state index in [4.69, 9.17) is 0 Å². The fraction of sp³-hybridized carbons (Fsp3) is 0.250. The van der Waals surface area contributed by atoms with Gasteiger partial charge in [0.2, 0.25) is 5.78 Å². The molecule has 1 heterocycles. The summed E-state index contributed by atoms with van der Waals surface area (Å²) in [4.78, 5) is 21.5. The maximum absolute atomic E-state index is 10.9. The quantitative estimate of drug-likeness (QED) is 0.408. The van der Waals surface area contributed by atoms with Crippen LogP contribution >= 0.6 is 0 Å². The average molecular weight is 152 g/mol. The molecule has 0 aromatic carbocycles. The lowest BCUT2D eigenvalue weighted by molar-refractivity contribution is -0.147. The maximum Gasteiger partial charge on any atom is 0.331 e. The third-order valence-electron chi connectivity index (χ3n) is 1.27. The molecule has 0 amide bonds. The number of esters is 1. The Hall–Kier alpha value is -1.38. The predicted molar refractivity (Wildman–Crippen MR) is 38.8 cm³/mol. The van der Waals surface area contributed by atoms with Crippen LogP contribution in [0.5, 0.6) is 0 Å². The number of carbonyl (C=O) groups excluding carboxylic acids is 2. The van der Waals surface area contributed by atoms with Crippen molar-refractivity contribution < 1.29 is 14.3 Å². The number of ketones is 1. The molecule has 0 aromatic heterocycles. The zero-order chi connectivity index (χ0) is 8.27. The zero-order valence-corrected chi connectivity index (χ0v) is 6.11. The van der Waals surface area contributed by atoms with Gasteiger partial charge in [-0.1, -0.05) is 6.08 Å². The van der Waals surface area contributed by atoms with Gasteiger partial charge < -0.3 is 4.74 Å². The summed E-state index contributed by atoms with van der Waals surface area (Å²) in [6.45, 7) is 1.76. The van der Waals surface area contributed by atoms with Gasteiger partial charge in [-0.2, -0.15) is 0 Å². The molecule has 0 bridgehead atoms. The third-order valence-corrected chi connectivity index (χ3v) is 1.27. The highest BCUT2D eigenvalue weighted by Gasteiger charge is 2.20. The number of carbonyl (C=O) groups is 2. The molecule has 1 aliphatic rings. The van der Waals surface area contributed by atoms with Gasteiger partial charge in [0.05, 0.1) is 0 Å². The minimum Gasteiger partial charge on any atom is -0.447 e. The molecule has 0 aromatic rings. The van der Waals surface area contributed by atoms with Crippen molar-refractivity contribution in [2.24, 2.45) is 0 Å². The highest BCUT2D eigenvalue weighted by atomic mass is 16.5. The first-order valence-corrected chi connectivity index (χ1v) is 3.29. The molecule has 0 radical (unpaired) electrons. The fourth-order valence-electron chi connectivity index (χ4n) is 0.776. The molecule has 0 saturated heterocycles. The molecule has 3 nitrogen and oxygen atoms in total. The Morgan fingerprint density at radius 2 is 2.18 bits per heavy atom. The van der Waals surface area contributed by atoms with E-state index >= 15 is 0 Å². The minimum absolute atomic E-state index is 0.192. The predicted octanol–water partition coefficient (Wildman–Crippen LogP) is 0.613. The summed E-state index contributed by atoms with van der Waals surface area (Å²) in [5, 5.41) is 0. The van der Waals surface area contributed by atoms with E-state index in [2.05, 4.69) is 4.74 Å². The molecular formula is C8H8O3. The van der Waals surface area contributed by atoms with Crippen LogP contribution in [0.15, 0.2) is 24.3 Å². The molecule has 0 aliphatic carbocycles. The van der Waals surface area contributed by atoms with Gasteiger partial charge in [-0.3, -0.25) is 4.79 Å². The Kier molecular flexibility index (Phi) is 2.21. The summed E-state index contributed by atoms with van der Waals surface area (Å²) in [7, 11) is 0. The Labute approximate surface area is 64.3 Å². The average Bonchev–Trinajstić information content (AvgIpc) is 1.98. The van der Waals surface area contributed by atoms with E-state index in [1.807, 2.05) is 0 Å². The Morgan fingerprint density at radius 1 is 1.45 bits per heavy atom. The highest BCUT2D eigenvalue weighted by Crippen LogP contribution is 2.04. The van der Waals surface area contributed by atoms with E-state index in [-0.39, 0.29) is 5.78 Å². The van der Waals surface area contributed by atoms with Crippen molar-refractivity contribution in [3.05, 3.63) is 24.3 Å². The van der Waals surface area contributed by atoms with Crippen molar-refractivity contribution in [1.29, 1.82) is 0 Å². The van der Waals surface area contributed by atoms with E-state index in [1.165, 1.54) is 6.08 Å². The van der Waals surface area contributed by atoms with Gasteiger partial charge in [0.15, 0.2) is 6.10 Å². The second kappa shape index (κ2) is 3.14. The smallest absolute Gasteiger partial charge is 0.331 e. The Bertz CT molecular complexity index is 238. The van der Waals surface area contributed by atoms with Crippen LogP contribution in [-0.4, -0.2) is 17.9 Å². The van der Waals surface area contributed by atoms with Gasteiger partial charge in [-0.25, -0.2) is 4.79 Å². The first kappa shape index (κ1) is 7.72. The molecular weight excluding hydrogens is 144 g/mol. The first-order valence-electron chi connectivity index (χ1n) is 3.29. The van der Waals surface area contributed by atoms with Gasteiger partial charge >= 0.3 is 5.97 Å². The number of cyclic esters (lactones) is 1. The molecule has 0 unspecified atom stereocenters. The summed E-state index contributed by atoms with van der Waals surface area (Å²) in [5.41, 5.74) is 0. The van der Waals surface area contributed by atoms with Crippen molar-refractivity contribution in [3.63, 3.8) is 0 Å². The highest BCUT2D eigenvalue weighted by molar-refractivity contribution is 6.03. The number of ether oxygens (including phenoxy) is 1. The van der Waals surface area contributed by atoms with Crippen molar-refractivity contribution in [2.75, 3.05) is 0 Å². The van der Waals surface area contributed by atoms with Crippen LogP contribution in [0.1, 0.15) is 6.92 Å². The monoisotopic (exact) mass is 152 g/mol. The van der Waals surface area contributed by atoms with Crippen LogP contribution in [0.25, 0.3) is 0 Å². The van der Waals surface area contributed by atoms with Crippen molar-refractivity contribution in [2.45, 2.75) is 13.0 Å². The molecule has 0 saturated carbocycles. The zero-order valence-electron chi connectivity index (χ0n) is 6.11. The van der Waals surface area contributed by atoms with Gasteiger partial charge in [0.25, 0.3) is 0 Å². The molecule has 0 fully saturated rings.